The van der Waals surface area contributed by atoms with E-state index >= 15 is 0 Å². The molecule has 5 rings (SSSR count). The molecular weight excluding hydrogens is 420 g/mol. The van der Waals surface area contributed by atoms with Gasteiger partial charge in [0.1, 0.15) is 0 Å². The van der Waals surface area contributed by atoms with E-state index in [1.807, 2.05) is 24.3 Å². The van der Waals surface area contributed by atoms with Crippen LogP contribution in [0.5, 0.6) is 0 Å². The van der Waals surface area contributed by atoms with Crippen LogP contribution in [0, 0.1) is 0 Å². The number of anilines is 2. The fourth-order valence-electron chi connectivity index (χ4n) is 3.36. The van der Waals surface area contributed by atoms with Gasteiger partial charge in [-0.1, -0.05) is 24.3 Å². The van der Waals surface area contributed by atoms with Gasteiger partial charge in [-0.05, 0) is 41.8 Å². The third-order valence-corrected chi connectivity index (χ3v) is 5.06. The highest BCUT2D eigenvalue weighted by Crippen LogP contribution is 2.17. The Kier molecular flexibility index (Phi) is 5.46. The van der Waals surface area contributed by atoms with Crippen molar-refractivity contribution in [3.05, 3.63) is 83.9 Å². The summed E-state index contributed by atoms with van der Waals surface area (Å²) in [5, 5.41) is 7.45. The van der Waals surface area contributed by atoms with Crippen LogP contribution in [0.2, 0.25) is 0 Å². The first-order valence-corrected chi connectivity index (χ1v) is 10.3. The smallest absolute Gasteiger partial charge is 0.259 e. The lowest BCUT2D eigenvalue weighted by Gasteiger charge is -2.07. The summed E-state index contributed by atoms with van der Waals surface area (Å²) in [7, 11) is 0. The maximum Gasteiger partial charge on any atom is 0.259 e. The highest BCUT2D eigenvalue weighted by Gasteiger charge is 2.13. The summed E-state index contributed by atoms with van der Waals surface area (Å²) < 4.78 is 6.69. The van der Waals surface area contributed by atoms with E-state index in [0.29, 0.717) is 41.8 Å². The molecule has 10 nitrogen and oxygen atoms in total. The number of benzene rings is 1. The van der Waals surface area contributed by atoms with Crippen LogP contribution in [0.4, 0.5) is 11.9 Å². The fraction of sp³-hybridized carbons (Fsp3) is 0.130. The number of aromatic nitrogens is 6. The highest BCUT2D eigenvalue weighted by molar-refractivity contribution is 5.97. The van der Waals surface area contributed by atoms with Gasteiger partial charge in [0.2, 0.25) is 17.7 Å². The molecule has 0 aliphatic heterocycles. The molecule has 0 unspecified atom stereocenters. The molecule has 0 atom stereocenters. The predicted molar refractivity (Wildman–Crippen MR) is 122 cm³/mol. The number of nitrogens with one attached hydrogen (secondary N) is 1. The van der Waals surface area contributed by atoms with Gasteiger partial charge in [-0.3, -0.25) is 9.78 Å². The molecule has 0 saturated heterocycles. The minimum Gasteiger partial charge on any atom is -0.461 e. The third kappa shape index (κ3) is 4.54. The molecule has 5 aromatic rings. The van der Waals surface area contributed by atoms with Gasteiger partial charge in [-0.15, -0.1) is 5.10 Å². The fourth-order valence-corrected chi connectivity index (χ4v) is 3.36. The van der Waals surface area contributed by atoms with E-state index in [4.69, 9.17) is 10.2 Å². The Hall–Kier alpha value is -4.60. The predicted octanol–water partition coefficient (Wildman–Crippen LogP) is 2.84. The number of furan rings is 1. The Morgan fingerprint density at radius 3 is 2.55 bits per heavy atom. The van der Waals surface area contributed by atoms with Crippen LogP contribution in [0.1, 0.15) is 21.5 Å². The summed E-state index contributed by atoms with van der Waals surface area (Å²) >= 11 is 0. The number of hydrogen-bond acceptors (Lipinski definition) is 9. The first-order valence-electron chi connectivity index (χ1n) is 10.3. The molecule has 3 N–H and O–H groups in total. The van der Waals surface area contributed by atoms with Crippen LogP contribution in [-0.4, -0.2) is 41.9 Å². The Balaban J connectivity index is 1.19. The summed E-state index contributed by atoms with van der Waals surface area (Å²) in [6.45, 7) is 0.601. The van der Waals surface area contributed by atoms with Crippen molar-refractivity contribution in [3.63, 3.8) is 0 Å². The Bertz CT molecular complexity index is 1380. The van der Waals surface area contributed by atoms with Crippen LogP contribution < -0.4 is 11.1 Å². The normalized spacial score (nSPS) is 11.0. The second-order valence-corrected chi connectivity index (χ2v) is 7.36. The Labute approximate surface area is 188 Å². The molecule has 0 aliphatic rings. The minimum atomic E-state index is 0.0700. The topological polar surface area (TPSA) is 137 Å². The largest absolute Gasteiger partial charge is 0.461 e. The average molecular weight is 440 g/mol. The second-order valence-electron chi connectivity index (χ2n) is 7.36. The standard InChI is InChI=1S/C23H20N8O2/c24-21-28-22(29-23-27-20(30-31(21)23)19-2-1-13-33-19)26-12-7-15-3-5-16(6-4-15)14-18(32)17-8-10-25-11-9-17/h1-6,8-11,13H,7,12,14H2,(H3,24,26,27,28,29,30). The van der Waals surface area contributed by atoms with E-state index in [-0.39, 0.29) is 11.7 Å². The summed E-state index contributed by atoms with van der Waals surface area (Å²) in [6.07, 6.45) is 5.90. The molecule has 33 heavy (non-hydrogen) atoms. The average Bonchev–Trinajstić information content (AvgIpc) is 3.51. The van der Waals surface area contributed by atoms with Crippen molar-refractivity contribution in [1.29, 1.82) is 0 Å². The van der Waals surface area contributed by atoms with Crippen molar-refractivity contribution in [2.45, 2.75) is 12.8 Å². The van der Waals surface area contributed by atoms with Gasteiger partial charge in [0.05, 0.1) is 6.26 Å². The van der Waals surface area contributed by atoms with Gasteiger partial charge in [0, 0.05) is 30.9 Å². The van der Waals surface area contributed by atoms with Crippen molar-refractivity contribution in [2.24, 2.45) is 0 Å². The first-order chi connectivity index (χ1) is 16.2. The summed E-state index contributed by atoms with van der Waals surface area (Å²) in [5.41, 5.74) is 8.77. The van der Waals surface area contributed by atoms with E-state index < -0.39 is 0 Å². The van der Waals surface area contributed by atoms with Gasteiger partial charge >= 0.3 is 0 Å². The number of nitrogens with two attached hydrogens (primary N) is 1. The van der Waals surface area contributed by atoms with Crippen LogP contribution in [0.15, 0.2) is 71.6 Å². The molecule has 0 spiro atoms. The number of pyridine rings is 1. The lowest BCUT2D eigenvalue weighted by molar-refractivity contribution is 0.0993. The number of nitrogen functional groups attached to an aromatic ring is 1. The van der Waals surface area contributed by atoms with E-state index in [9.17, 15) is 4.79 Å². The van der Waals surface area contributed by atoms with Gasteiger partial charge in [-0.25, -0.2) is 0 Å². The number of fused-ring (bicyclic) bond motifs is 1. The van der Waals surface area contributed by atoms with Crippen LogP contribution in [0.3, 0.4) is 0 Å². The molecule has 0 bridgehead atoms. The van der Waals surface area contributed by atoms with E-state index in [2.05, 4.69) is 30.4 Å². The minimum absolute atomic E-state index is 0.0700. The van der Waals surface area contributed by atoms with E-state index in [1.165, 1.54) is 4.52 Å². The number of Topliss-reactive ketones (excluding diaryl/α,β-unsaturated/α-hetero) is 1. The molecule has 0 amide bonds. The van der Waals surface area contributed by atoms with Crippen molar-refractivity contribution in [1.82, 2.24) is 29.5 Å². The molecular formula is C23H20N8O2. The maximum absolute atomic E-state index is 12.3. The number of hydrogen-bond donors (Lipinski definition) is 2. The van der Waals surface area contributed by atoms with E-state index in [1.54, 1.807) is 42.9 Å². The highest BCUT2D eigenvalue weighted by atomic mass is 16.3. The van der Waals surface area contributed by atoms with Crippen LogP contribution in [-0.2, 0) is 12.8 Å². The number of carbonyl (C=O) groups excluding carboxylic acids is 1. The van der Waals surface area contributed by atoms with Crippen molar-refractivity contribution in [2.75, 3.05) is 17.6 Å². The third-order valence-electron chi connectivity index (χ3n) is 5.06. The van der Waals surface area contributed by atoms with Gasteiger partial charge in [0.25, 0.3) is 5.78 Å². The lowest BCUT2D eigenvalue weighted by Crippen LogP contribution is -2.12. The molecule has 0 aliphatic carbocycles. The summed E-state index contributed by atoms with van der Waals surface area (Å²) in [6, 6.07) is 15.0. The van der Waals surface area contributed by atoms with E-state index in [0.717, 1.165) is 17.5 Å². The Morgan fingerprint density at radius 2 is 1.79 bits per heavy atom. The molecule has 4 heterocycles. The SMILES string of the molecule is Nc1nc(NCCc2ccc(CC(=O)c3ccncc3)cc2)nc2nc(-c3ccco3)nn12. The van der Waals surface area contributed by atoms with Gasteiger partial charge in [0.15, 0.2) is 11.5 Å². The quantitative estimate of drug-likeness (QED) is 0.349. The first kappa shape index (κ1) is 20.3. The monoisotopic (exact) mass is 440 g/mol. The molecule has 0 saturated carbocycles. The van der Waals surface area contributed by atoms with Gasteiger partial charge < -0.3 is 15.5 Å². The summed E-state index contributed by atoms with van der Waals surface area (Å²) in [5.74, 6) is 1.87. The number of nitrogens with zero attached hydrogens (tertiary/aromatic N) is 6. The van der Waals surface area contributed by atoms with Crippen molar-refractivity contribution < 1.29 is 9.21 Å². The Morgan fingerprint density at radius 1 is 1.00 bits per heavy atom. The van der Waals surface area contributed by atoms with Crippen LogP contribution >= 0.6 is 0 Å². The number of carbonyl (C=O) groups is 1. The molecule has 10 heteroatoms. The van der Waals surface area contributed by atoms with Gasteiger partial charge in [-0.2, -0.15) is 19.5 Å². The number of ketones is 1. The molecule has 0 radical (unpaired) electrons. The number of rotatable bonds is 8. The van der Waals surface area contributed by atoms with Crippen molar-refractivity contribution >= 4 is 23.5 Å². The summed E-state index contributed by atoms with van der Waals surface area (Å²) in [4.78, 5) is 29.3. The molecule has 164 valence electrons. The molecule has 1 aromatic carbocycles. The molecule has 0 fully saturated rings. The lowest BCUT2D eigenvalue weighted by atomic mass is 10.0. The zero-order valence-electron chi connectivity index (χ0n) is 17.5. The van der Waals surface area contributed by atoms with Crippen LogP contribution in [0.25, 0.3) is 17.4 Å². The second kappa shape index (κ2) is 8.87. The maximum atomic E-state index is 12.3. The zero-order valence-corrected chi connectivity index (χ0v) is 17.5. The van der Waals surface area contributed by atoms with Crippen molar-refractivity contribution in [3.8, 4) is 11.6 Å². The zero-order chi connectivity index (χ0) is 22.6. The molecule has 4 aromatic heterocycles.